The molecule has 0 aromatic heterocycles. The van der Waals surface area contributed by atoms with E-state index in [9.17, 15) is 0 Å². The number of nitrogens with zero attached hydrogens (tertiary/aromatic N) is 1. The molecule has 0 amide bonds. The van der Waals surface area contributed by atoms with Crippen molar-refractivity contribution in [3.8, 4) is 11.7 Å². The highest BCUT2D eigenvalue weighted by atomic mass is 16.5. The summed E-state index contributed by atoms with van der Waals surface area (Å²) in [4.78, 5) is 0. The first-order valence-electron chi connectivity index (χ1n) is 7.49. The fourth-order valence-corrected chi connectivity index (χ4v) is 2.77. The lowest BCUT2D eigenvalue weighted by atomic mass is 9.33. The molecule has 1 aliphatic heterocycles. The molecule has 2 aromatic carbocycles. The Bertz CT molecular complexity index is 629. The van der Waals surface area contributed by atoms with Crippen molar-refractivity contribution in [2.45, 2.75) is 19.1 Å². The van der Waals surface area contributed by atoms with Crippen LogP contribution in [0.3, 0.4) is 0 Å². The van der Waals surface area contributed by atoms with Gasteiger partial charge >= 0.3 is 0 Å². The average Bonchev–Trinajstić information content (AvgIpc) is 2.47. The lowest BCUT2D eigenvalue weighted by molar-refractivity contribution is 0.260. The lowest BCUT2D eigenvalue weighted by Gasteiger charge is -2.27. The minimum Gasteiger partial charge on any atom is -0.493 e. The van der Waals surface area contributed by atoms with E-state index in [0.29, 0.717) is 5.92 Å². The van der Waals surface area contributed by atoms with Crippen molar-refractivity contribution in [2.24, 2.45) is 5.92 Å². The molecular weight excluding hydrogens is 257 g/mol. The maximum atomic E-state index is 8.77. The molecule has 3 rings (SSSR count). The normalized spacial score (nSPS) is 14.3. The van der Waals surface area contributed by atoms with Gasteiger partial charge in [-0.3, -0.25) is 0 Å². The second-order valence-electron chi connectivity index (χ2n) is 5.78. The first kappa shape index (κ1) is 13.8. The Labute approximate surface area is 126 Å². The van der Waals surface area contributed by atoms with Gasteiger partial charge in [-0.15, -0.1) is 0 Å². The van der Waals surface area contributed by atoms with Gasteiger partial charge < -0.3 is 4.74 Å². The number of ether oxygens (including phenoxy) is 1. The van der Waals surface area contributed by atoms with Crippen LogP contribution in [-0.2, 0) is 6.42 Å². The van der Waals surface area contributed by atoms with Crippen molar-refractivity contribution in [1.29, 1.82) is 5.26 Å². The molecular formula is C18H18BNO. The molecule has 0 saturated carbocycles. The monoisotopic (exact) mass is 275 g/mol. The van der Waals surface area contributed by atoms with Crippen LogP contribution in [0.25, 0.3) is 0 Å². The molecule has 1 fully saturated rings. The largest absolute Gasteiger partial charge is 0.493 e. The van der Waals surface area contributed by atoms with Crippen molar-refractivity contribution in [2.75, 3.05) is 6.61 Å². The van der Waals surface area contributed by atoms with Crippen LogP contribution >= 0.6 is 0 Å². The molecule has 0 N–H and O–H groups in total. The minimum absolute atomic E-state index is 0.253. The molecule has 0 atom stereocenters. The highest BCUT2D eigenvalue weighted by molar-refractivity contribution is 6.69. The summed E-state index contributed by atoms with van der Waals surface area (Å²) in [7, 11) is 0. The van der Waals surface area contributed by atoms with Crippen LogP contribution < -0.4 is 4.74 Å². The number of nitriles is 1. The molecule has 2 aromatic rings. The molecule has 1 aliphatic rings. The molecule has 2 nitrogen and oxygen atoms in total. The second-order valence-corrected chi connectivity index (χ2v) is 5.78. The number of hydrogen-bond donors (Lipinski definition) is 0. The van der Waals surface area contributed by atoms with E-state index in [1.165, 1.54) is 11.1 Å². The van der Waals surface area contributed by atoms with E-state index in [2.05, 4.69) is 42.4 Å². The van der Waals surface area contributed by atoms with Crippen LogP contribution in [0.4, 0.5) is 0 Å². The third-order valence-corrected chi connectivity index (χ3v) is 4.05. The average molecular weight is 275 g/mol. The highest BCUT2D eigenvalue weighted by Crippen LogP contribution is 2.29. The Balaban J connectivity index is 1.55. The summed E-state index contributed by atoms with van der Waals surface area (Å²) in [6.07, 6.45) is 2.90. The third-order valence-electron chi connectivity index (χ3n) is 4.05. The molecule has 104 valence electrons. The number of benzene rings is 2. The van der Waals surface area contributed by atoms with Gasteiger partial charge in [-0.1, -0.05) is 55.1 Å². The van der Waals surface area contributed by atoms with Gasteiger partial charge in [-0.2, -0.15) is 0 Å². The molecule has 3 heteroatoms. The smallest absolute Gasteiger partial charge is 0.268 e. The molecule has 1 saturated heterocycles. The second kappa shape index (κ2) is 6.50. The maximum Gasteiger partial charge on any atom is 0.268 e. The topological polar surface area (TPSA) is 33.0 Å². The van der Waals surface area contributed by atoms with Gasteiger partial charge in [0, 0.05) is 5.97 Å². The third kappa shape index (κ3) is 3.67. The predicted octanol–water partition coefficient (Wildman–Crippen LogP) is 3.84. The summed E-state index contributed by atoms with van der Waals surface area (Å²) in [6.45, 7) is 0.982. The molecule has 21 heavy (non-hydrogen) atoms. The Morgan fingerprint density at radius 1 is 1.05 bits per heavy atom. The zero-order chi connectivity index (χ0) is 14.5. The fourth-order valence-electron chi connectivity index (χ4n) is 2.77. The van der Waals surface area contributed by atoms with Gasteiger partial charge in [-0.25, -0.2) is 5.26 Å². The van der Waals surface area contributed by atoms with Gasteiger partial charge in [0.05, 0.1) is 6.61 Å². The van der Waals surface area contributed by atoms with Crippen LogP contribution in [-0.4, -0.2) is 13.3 Å². The summed E-state index contributed by atoms with van der Waals surface area (Å²) in [5.74, 6) is 3.79. The lowest BCUT2D eigenvalue weighted by Crippen LogP contribution is -2.33. The van der Waals surface area contributed by atoms with E-state index in [1.54, 1.807) is 0 Å². The summed E-state index contributed by atoms with van der Waals surface area (Å²) in [5.41, 5.74) is 2.58. The van der Waals surface area contributed by atoms with Crippen LogP contribution in [0.2, 0.25) is 12.6 Å². The van der Waals surface area contributed by atoms with Crippen LogP contribution in [0.15, 0.2) is 54.6 Å². The molecule has 0 spiro atoms. The Morgan fingerprint density at radius 2 is 1.81 bits per heavy atom. The maximum absolute atomic E-state index is 8.77. The molecule has 0 radical (unpaired) electrons. The van der Waals surface area contributed by atoms with Crippen molar-refractivity contribution < 1.29 is 4.74 Å². The fraction of sp³-hybridized carbons (Fsp3) is 0.278. The van der Waals surface area contributed by atoms with Gasteiger partial charge in [0.1, 0.15) is 5.75 Å². The van der Waals surface area contributed by atoms with Gasteiger partial charge in [0.15, 0.2) is 0 Å². The van der Waals surface area contributed by atoms with E-state index in [-0.39, 0.29) is 6.71 Å². The summed E-state index contributed by atoms with van der Waals surface area (Å²) < 4.78 is 5.87. The quantitative estimate of drug-likeness (QED) is 0.776. The summed E-state index contributed by atoms with van der Waals surface area (Å²) in [6, 6.07) is 18.8. The van der Waals surface area contributed by atoms with Crippen LogP contribution in [0.1, 0.15) is 11.1 Å². The molecule has 0 unspecified atom stereocenters. The first-order chi connectivity index (χ1) is 10.3. The van der Waals surface area contributed by atoms with E-state index in [4.69, 9.17) is 10.00 Å². The zero-order valence-corrected chi connectivity index (χ0v) is 12.0. The number of hydrogen-bond acceptors (Lipinski definition) is 2. The van der Waals surface area contributed by atoms with Gasteiger partial charge in [0.2, 0.25) is 0 Å². The molecule has 0 aliphatic carbocycles. The summed E-state index contributed by atoms with van der Waals surface area (Å²) in [5, 5.41) is 8.77. The van der Waals surface area contributed by atoms with E-state index in [0.717, 1.165) is 31.4 Å². The van der Waals surface area contributed by atoms with Gasteiger partial charge in [0.25, 0.3) is 6.71 Å². The standard InChI is InChI=1S/C18H18BNO/c20-14-19-11-17(12-19)13-21-18-8-4-7-16(10-18)9-15-5-2-1-3-6-15/h1-8,10,17H,9,11-13H2. The number of rotatable bonds is 5. The van der Waals surface area contributed by atoms with Crippen molar-refractivity contribution >= 4 is 6.71 Å². The van der Waals surface area contributed by atoms with Crippen molar-refractivity contribution in [3.63, 3.8) is 0 Å². The first-order valence-corrected chi connectivity index (χ1v) is 7.49. The molecule has 0 bridgehead atoms. The molecule has 1 heterocycles. The SMILES string of the molecule is N#CB1CC(COc2cccc(Cc3ccccc3)c2)C1. The van der Waals surface area contributed by atoms with Crippen LogP contribution in [0.5, 0.6) is 5.75 Å². The Hall–Kier alpha value is -2.21. The highest BCUT2D eigenvalue weighted by Gasteiger charge is 2.33. The van der Waals surface area contributed by atoms with E-state index < -0.39 is 0 Å². The van der Waals surface area contributed by atoms with Crippen molar-refractivity contribution in [3.05, 3.63) is 65.7 Å². The zero-order valence-electron chi connectivity index (χ0n) is 12.0. The van der Waals surface area contributed by atoms with Crippen LogP contribution in [0, 0.1) is 17.1 Å². The van der Waals surface area contributed by atoms with Gasteiger partial charge in [-0.05, 0) is 35.6 Å². The Kier molecular flexibility index (Phi) is 4.26. The van der Waals surface area contributed by atoms with Crippen molar-refractivity contribution in [1.82, 2.24) is 0 Å². The predicted molar refractivity (Wildman–Crippen MR) is 85.7 cm³/mol. The van der Waals surface area contributed by atoms with E-state index in [1.807, 2.05) is 18.2 Å². The Morgan fingerprint density at radius 3 is 2.57 bits per heavy atom. The van der Waals surface area contributed by atoms with E-state index >= 15 is 0 Å². The summed E-state index contributed by atoms with van der Waals surface area (Å²) >= 11 is 0. The minimum atomic E-state index is 0.253.